The number of nitrogens with zero attached hydrogens (tertiary/aromatic N) is 2. The molecule has 6 heteroatoms. The SMILES string of the molecule is CCCNC(c1cc(Br)sc1Br)c1ccnn1CCC. The maximum atomic E-state index is 4.45. The Balaban J connectivity index is 2.36. The molecular formula is C14H19Br2N3S. The van der Waals surface area contributed by atoms with Crippen LogP contribution in [0.2, 0.25) is 0 Å². The normalized spacial score (nSPS) is 12.8. The van der Waals surface area contributed by atoms with E-state index in [0.29, 0.717) is 0 Å². The number of hydrogen-bond donors (Lipinski definition) is 1. The molecule has 0 amide bonds. The van der Waals surface area contributed by atoms with Crippen LogP contribution in [-0.2, 0) is 6.54 Å². The first-order valence-corrected chi connectivity index (χ1v) is 9.27. The van der Waals surface area contributed by atoms with Gasteiger partial charge in [0.05, 0.1) is 19.3 Å². The Morgan fingerprint density at radius 3 is 2.75 bits per heavy atom. The summed E-state index contributed by atoms with van der Waals surface area (Å²) in [6.07, 6.45) is 4.09. The van der Waals surface area contributed by atoms with Crippen molar-refractivity contribution in [2.24, 2.45) is 0 Å². The Bertz CT molecular complexity index is 550. The lowest BCUT2D eigenvalue weighted by molar-refractivity contribution is 0.511. The molecule has 2 heterocycles. The fourth-order valence-corrected chi connectivity index (χ4v) is 5.10. The quantitative estimate of drug-likeness (QED) is 0.685. The summed E-state index contributed by atoms with van der Waals surface area (Å²) in [5.74, 6) is 0. The number of aryl methyl sites for hydroxylation is 1. The van der Waals surface area contributed by atoms with Gasteiger partial charge < -0.3 is 5.32 Å². The van der Waals surface area contributed by atoms with Crippen molar-refractivity contribution in [2.45, 2.75) is 39.3 Å². The summed E-state index contributed by atoms with van der Waals surface area (Å²) in [4.78, 5) is 0. The highest BCUT2D eigenvalue weighted by atomic mass is 79.9. The molecule has 1 atom stereocenters. The summed E-state index contributed by atoms with van der Waals surface area (Å²) in [7, 11) is 0. The van der Waals surface area contributed by atoms with E-state index in [1.807, 2.05) is 6.20 Å². The third-order valence-electron chi connectivity index (χ3n) is 3.07. The van der Waals surface area contributed by atoms with E-state index in [1.54, 1.807) is 11.3 Å². The van der Waals surface area contributed by atoms with Crippen molar-refractivity contribution < 1.29 is 0 Å². The average Bonchev–Trinajstić information content (AvgIpc) is 2.99. The fraction of sp³-hybridized carbons (Fsp3) is 0.500. The summed E-state index contributed by atoms with van der Waals surface area (Å²) < 4.78 is 4.41. The summed E-state index contributed by atoms with van der Waals surface area (Å²) in [6, 6.07) is 4.48. The van der Waals surface area contributed by atoms with E-state index in [2.05, 4.69) is 72.9 Å². The second kappa shape index (κ2) is 7.73. The molecule has 2 aromatic heterocycles. The van der Waals surface area contributed by atoms with Crippen LogP contribution in [0, 0.1) is 0 Å². The van der Waals surface area contributed by atoms with Crippen molar-refractivity contribution in [1.29, 1.82) is 0 Å². The predicted octanol–water partition coefficient (Wildman–Crippen LogP) is 4.97. The third kappa shape index (κ3) is 3.72. The van der Waals surface area contributed by atoms with Gasteiger partial charge in [0.1, 0.15) is 0 Å². The van der Waals surface area contributed by atoms with Crippen LogP contribution in [0.1, 0.15) is 44.0 Å². The van der Waals surface area contributed by atoms with E-state index in [-0.39, 0.29) is 6.04 Å². The molecular weight excluding hydrogens is 402 g/mol. The van der Waals surface area contributed by atoms with E-state index in [1.165, 1.54) is 15.0 Å². The summed E-state index contributed by atoms with van der Waals surface area (Å²) in [5.41, 5.74) is 2.50. The smallest absolute Gasteiger partial charge is 0.0768 e. The number of halogens is 2. The van der Waals surface area contributed by atoms with Gasteiger partial charge in [-0.05, 0) is 63.4 Å². The molecule has 0 saturated heterocycles. The molecule has 2 aromatic rings. The van der Waals surface area contributed by atoms with Gasteiger partial charge in [-0.2, -0.15) is 5.10 Å². The van der Waals surface area contributed by atoms with Crippen LogP contribution < -0.4 is 5.32 Å². The van der Waals surface area contributed by atoms with E-state index in [0.717, 1.165) is 29.7 Å². The molecule has 20 heavy (non-hydrogen) atoms. The first-order chi connectivity index (χ1) is 9.67. The Hall–Kier alpha value is -0.170. The highest BCUT2D eigenvalue weighted by molar-refractivity contribution is 9.12. The lowest BCUT2D eigenvalue weighted by atomic mass is 10.1. The van der Waals surface area contributed by atoms with Crippen LogP contribution in [0.5, 0.6) is 0 Å². The van der Waals surface area contributed by atoms with Crippen LogP contribution in [-0.4, -0.2) is 16.3 Å². The largest absolute Gasteiger partial charge is 0.305 e. The van der Waals surface area contributed by atoms with Gasteiger partial charge in [-0.1, -0.05) is 13.8 Å². The number of thiophene rings is 1. The van der Waals surface area contributed by atoms with Gasteiger partial charge >= 0.3 is 0 Å². The van der Waals surface area contributed by atoms with Gasteiger partial charge in [0.2, 0.25) is 0 Å². The molecule has 2 rings (SSSR count). The molecule has 3 nitrogen and oxygen atoms in total. The molecule has 0 aromatic carbocycles. The van der Waals surface area contributed by atoms with Gasteiger partial charge in [-0.25, -0.2) is 0 Å². The van der Waals surface area contributed by atoms with Crippen molar-refractivity contribution in [3.8, 4) is 0 Å². The number of hydrogen-bond acceptors (Lipinski definition) is 3. The molecule has 0 aliphatic carbocycles. The first-order valence-electron chi connectivity index (χ1n) is 6.87. The van der Waals surface area contributed by atoms with Gasteiger partial charge in [-0.3, -0.25) is 4.68 Å². The topological polar surface area (TPSA) is 29.9 Å². The monoisotopic (exact) mass is 419 g/mol. The van der Waals surface area contributed by atoms with Crippen LogP contribution in [0.25, 0.3) is 0 Å². The zero-order valence-corrected chi connectivity index (χ0v) is 15.7. The molecule has 0 bridgehead atoms. The average molecular weight is 421 g/mol. The maximum absolute atomic E-state index is 4.45. The van der Waals surface area contributed by atoms with Crippen LogP contribution in [0.4, 0.5) is 0 Å². The Morgan fingerprint density at radius 1 is 1.35 bits per heavy atom. The highest BCUT2D eigenvalue weighted by Crippen LogP contribution is 2.37. The molecule has 110 valence electrons. The lowest BCUT2D eigenvalue weighted by Gasteiger charge is -2.20. The second-order valence-electron chi connectivity index (χ2n) is 4.65. The lowest BCUT2D eigenvalue weighted by Crippen LogP contribution is -2.25. The van der Waals surface area contributed by atoms with E-state index in [4.69, 9.17) is 0 Å². The number of nitrogens with one attached hydrogen (secondary N) is 1. The summed E-state index contributed by atoms with van der Waals surface area (Å²) >= 11 is 8.96. The summed E-state index contributed by atoms with van der Waals surface area (Å²) in [5, 5.41) is 8.09. The molecule has 0 radical (unpaired) electrons. The molecule has 0 saturated carbocycles. The zero-order valence-electron chi connectivity index (χ0n) is 11.7. The van der Waals surface area contributed by atoms with Gasteiger partial charge in [0, 0.05) is 18.3 Å². The Labute approximate surface area is 141 Å². The Morgan fingerprint density at radius 2 is 2.15 bits per heavy atom. The predicted molar refractivity (Wildman–Crippen MR) is 92.4 cm³/mol. The van der Waals surface area contributed by atoms with Gasteiger partial charge in [-0.15, -0.1) is 11.3 Å². The number of rotatable bonds is 7. The molecule has 0 fully saturated rings. The molecule has 0 spiro atoms. The second-order valence-corrected chi connectivity index (χ2v) is 8.40. The van der Waals surface area contributed by atoms with Crippen molar-refractivity contribution in [1.82, 2.24) is 15.1 Å². The van der Waals surface area contributed by atoms with Gasteiger partial charge in [0.25, 0.3) is 0 Å². The standard InChI is InChI=1S/C14H19Br2N3S/c1-3-6-17-13(10-9-12(15)20-14(10)16)11-5-7-18-19(11)8-4-2/h5,7,9,13,17H,3-4,6,8H2,1-2H3. The van der Waals surface area contributed by atoms with E-state index >= 15 is 0 Å². The van der Waals surface area contributed by atoms with Crippen molar-refractivity contribution in [3.05, 3.63) is 37.2 Å². The van der Waals surface area contributed by atoms with Crippen LogP contribution >= 0.6 is 43.2 Å². The fourth-order valence-electron chi connectivity index (χ4n) is 2.20. The van der Waals surface area contributed by atoms with E-state index < -0.39 is 0 Å². The van der Waals surface area contributed by atoms with Crippen LogP contribution in [0.15, 0.2) is 25.9 Å². The zero-order chi connectivity index (χ0) is 14.5. The summed E-state index contributed by atoms with van der Waals surface area (Å²) in [6.45, 7) is 6.31. The molecule has 1 unspecified atom stereocenters. The van der Waals surface area contributed by atoms with E-state index in [9.17, 15) is 0 Å². The molecule has 1 N–H and O–H groups in total. The molecule has 0 aliphatic heterocycles. The van der Waals surface area contributed by atoms with Gasteiger partial charge in [0.15, 0.2) is 0 Å². The first kappa shape index (κ1) is 16.2. The minimum atomic E-state index is 0.181. The molecule has 0 aliphatic rings. The van der Waals surface area contributed by atoms with Crippen LogP contribution in [0.3, 0.4) is 0 Å². The highest BCUT2D eigenvalue weighted by Gasteiger charge is 2.21. The minimum Gasteiger partial charge on any atom is -0.305 e. The minimum absolute atomic E-state index is 0.181. The third-order valence-corrected chi connectivity index (χ3v) is 5.46. The Kier molecular flexibility index (Phi) is 6.26. The number of aromatic nitrogens is 2. The van der Waals surface area contributed by atoms with Crippen molar-refractivity contribution >= 4 is 43.2 Å². The van der Waals surface area contributed by atoms with Crippen molar-refractivity contribution in [2.75, 3.05) is 6.54 Å². The maximum Gasteiger partial charge on any atom is 0.0768 e. The van der Waals surface area contributed by atoms with Crippen molar-refractivity contribution in [3.63, 3.8) is 0 Å².